The van der Waals surface area contributed by atoms with Crippen LogP contribution in [-0.4, -0.2) is 24.8 Å². The molecule has 2 aromatic rings. The normalized spacial score (nSPS) is 12.0. The van der Waals surface area contributed by atoms with Crippen LogP contribution in [0.4, 0.5) is 5.69 Å². The number of aryl methyl sites for hydroxylation is 3. The average molecular weight is 325 g/mol. The third-order valence-electron chi connectivity index (χ3n) is 3.53. The van der Waals surface area contributed by atoms with Crippen molar-refractivity contribution in [3.05, 3.63) is 39.3 Å². The van der Waals surface area contributed by atoms with Crippen LogP contribution in [0.1, 0.15) is 21.7 Å². The molecule has 0 aliphatic heterocycles. The fraction of sp³-hybridized carbons (Fsp3) is 0.357. The lowest BCUT2D eigenvalue weighted by Gasteiger charge is -2.19. The summed E-state index contributed by atoms with van der Waals surface area (Å²) < 4.78 is 26.7. The number of benzene rings is 1. The first-order valence-corrected chi connectivity index (χ1v) is 8.77. The standard InChI is InChI=1S/C14H19N3O2S2/c1-9-5-12(15)14(6-10(9)2)21(18,19)17(4)7-13-11(3)16-8-20-13/h5-6,8H,7,15H2,1-4H3. The highest BCUT2D eigenvalue weighted by molar-refractivity contribution is 7.89. The number of aromatic nitrogens is 1. The Balaban J connectivity index is 2.38. The number of anilines is 1. The molecule has 1 heterocycles. The van der Waals surface area contributed by atoms with Gasteiger partial charge in [-0.2, -0.15) is 4.31 Å². The lowest BCUT2D eigenvalue weighted by molar-refractivity contribution is 0.469. The molecule has 1 aromatic carbocycles. The van der Waals surface area contributed by atoms with Crippen molar-refractivity contribution in [2.24, 2.45) is 0 Å². The SMILES string of the molecule is Cc1cc(N)c(S(=O)(=O)N(C)Cc2scnc2C)cc1C. The van der Waals surface area contributed by atoms with Gasteiger partial charge in [0.05, 0.1) is 16.9 Å². The lowest BCUT2D eigenvalue weighted by Crippen LogP contribution is -2.27. The number of hydrogen-bond donors (Lipinski definition) is 1. The number of thiazole rings is 1. The zero-order chi connectivity index (χ0) is 15.8. The first-order valence-electron chi connectivity index (χ1n) is 6.45. The summed E-state index contributed by atoms with van der Waals surface area (Å²) >= 11 is 1.45. The molecular formula is C14H19N3O2S2. The number of nitrogen functional groups attached to an aromatic ring is 1. The van der Waals surface area contributed by atoms with Crippen molar-refractivity contribution in [2.75, 3.05) is 12.8 Å². The van der Waals surface area contributed by atoms with Gasteiger partial charge in [-0.25, -0.2) is 13.4 Å². The van der Waals surface area contributed by atoms with E-state index in [1.807, 2.05) is 20.8 Å². The van der Waals surface area contributed by atoms with Crippen molar-refractivity contribution in [1.29, 1.82) is 0 Å². The molecule has 2 N–H and O–H groups in total. The van der Waals surface area contributed by atoms with Crippen LogP contribution in [0, 0.1) is 20.8 Å². The van der Waals surface area contributed by atoms with Gasteiger partial charge >= 0.3 is 0 Å². The van der Waals surface area contributed by atoms with Crippen molar-refractivity contribution in [3.8, 4) is 0 Å². The molecule has 0 saturated heterocycles. The first kappa shape index (κ1) is 15.9. The van der Waals surface area contributed by atoms with Gasteiger partial charge in [-0.1, -0.05) is 0 Å². The van der Waals surface area contributed by atoms with E-state index in [9.17, 15) is 8.42 Å². The summed E-state index contributed by atoms with van der Waals surface area (Å²) in [5.41, 5.74) is 10.6. The van der Waals surface area contributed by atoms with Crippen LogP contribution in [0.5, 0.6) is 0 Å². The summed E-state index contributed by atoms with van der Waals surface area (Å²) in [6.45, 7) is 5.95. The smallest absolute Gasteiger partial charge is 0.245 e. The molecule has 0 aliphatic carbocycles. The lowest BCUT2D eigenvalue weighted by atomic mass is 10.1. The van der Waals surface area contributed by atoms with Crippen molar-refractivity contribution in [2.45, 2.75) is 32.2 Å². The third-order valence-corrected chi connectivity index (χ3v) is 6.30. The van der Waals surface area contributed by atoms with Gasteiger partial charge in [-0.05, 0) is 44.0 Å². The zero-order valence-electron chi connectivity index (χ0n) is 12.5. The summed E-state index contributed by atoms with van der Waals surface area (Å²) in [6.07, 6.45) is 0. The molecule has 0 fully saturated rings. The molecule has 114 valence electrons. The molecule has 7 heteroatoms. The summed E-state index contributed by atoms with van der Waals surface area (Å²) in [5.74, 6) is 0. The summed E-state index contributed by atoms with van der Waals surface area (Å²) in [7, 11) is -2.06. The van der Waals surface area contributed by atoms with Gasteiger partial charge in [-0.3, -0.25) is 0 Å². The molecular weight excluding hydrogens is 306 g/mol. The Labute approximate surface area is 129 Å². The third kappa shape index (κ3) is 3.09. The topological polar surface area (TPSA) is 76.3 Å². The largest absolute Gasteiger partial charge is 0.398 e. The molecule has 21 heavy (non-hydrogen) atoms. The monoisotopic (exact) mass is 325 g/mol. The van der Waals surface area contributed by atoms with Crippen molar-refractivity contribution < 1.29 is 8.42 Å². The summed E-state index contributed by atoms with van der Waals surface area (Å²) in [5, 5.41) is 0. The Morgan fingerprint density at radius 2 is 1.86 bits per heavy atom. The number of rotatable bonds is 4. The van der Waals surface area contributed by atoms with Gasteiger partial charge in [-0.15, -0.1) is 11.3 Å². The maximum absolute atomic E-state index is 12.7. The van der Waals surface area contributed by atoms with Crippen LogP contribution in [0.25, 0.3) is 0 Å². The second-order valence-corrected chi connectivity index (χ2v) is 8.05. The van der Waals surface area contributed by atoms with Crippen molar-refractivity contribution in [3.63, 3.8) is 0 Å². The highest BCUT2D eigenvalue weighted by Gasteiger charge is 2.25. The van der Waals surface area contributed by atoms with Crippen LogP contribution < -0.4 is 5.73 Å². The van der Waals surface area contributed by atoms with E-state index in [-0.39, 0.29) is 10.6 Å². The van der Waals surface area contributed by atoms with Gasteiger partial charge in [0.1, 0.15) is 4.90 Å². The predicted octanol–water partition coefficient (Wildman–Crippen LogP) is 2.47. The number of hydrogen-bond acceptors (Lipinski definition) is 5. The zero-order valence-corrected chi connectivity index (χ0v) is 14.2. The van der Waals surface area contributed by atoms with Gasteiger partial charge in [0.15, 0.2) is 0 Å². The van der Waals surface area contributed by atoms with Gasteiger partial charge in [0.25, 0.3) is 0 Å². The molecule has 0 saturated carbocycles. The second-order valence-electron chi connectivity index (χ2n) is 5.10. The summed E-state index contributed by atoms with van der Waals surface area (Å²) in [4.78, 5) is 5.24. The summed E-state index contributed by atoms with van der Waals surface area (Å²) in [6, 6.07) is 3.34. The fourth-order valence-corrected chi connectivity index (χ4v) is 4.20. The first-order chi connectivity index (χ1) is 9.73. The van der Waals surface area contributed by atoms with E-state index in [0.29, 0.717) is 6.54 Å². The van der Waals surface area contributed by atoms with Crippen molar-refractivity contribution in [1.82, 2.24) is 9.29 Å². The Morgan fingerprint density at radius 3 is 2.43 bits per heavy atom. The fourth-order valence-electron chi connectivity index (χ4n) is 1.97. The Morgan fingerprint density at radius 1 is 1.24 bits per heavy atom. The average Bonchev–Trinajstić information content (AvgIpc) is 2.79. The van der Waals surface area contributed by atoms with E-state index in [0.717, 1.165) is 21.7 Å². The molecule has 2 rings (SSSR count). The van der Waals surface area contributed by atoms with E-state index in [1.54, 1.807) is 24.7 Å². The van der Waals surface area contributed by atoms with Crippen LogP contribution in [-0.2, 0) is 16.6 Å². The Bertz CT molecular complexity index is 767. The van der Waals surface area contributed by atoms with E-state index in [4.69, 9.17) is 5.73 Å². The van der Waals surface area contributed by atoms with Crippen LogP contribution >= 0.6 is 11.3 Å². The molecule has 0 radical (unpaired) electrons. The van der Waals surface area contributed by atoms with E-state index >= 15 is 0 Å². The van der Waals surface area contributed by atoms with E-state index in [1.165, 1.54) is 15.6 Å². The molecule has 0 amide bonds. The second kappa shape index (κ2) is 5.75. The molecule has 0 aliphatic rings. The molecule has 0 bridgehead atoms. The minimum atomic E-state index is -3.61. The molecule has 0 atom stereocenters. The highest BCUT2D eigenvalue weighted by atomic mass is 32.2. The van der Waals surface area contributed by atoms with Crippen LogP contribution in [0.15, 0.2) is 22.5 Å². The van der Waals surface area contributed by atoms with Gasteiger partial charge in [0.2, 0.25) is 10.0 Å². The maximum Gasteiger partial charge on any atom is 0.245 e. The molecule has 0 unspecified atom stereocenters. The number of nitrogens with two attached hydrogens (primary N) is 1. The molecule has 0 spiro atoms. The van der Waals surface area contributed by atoms with Gasteiger partial charge in [0, 0.05) is 18.5 Å². The van der Waals surface area contributed by atoms with Crippen molar-refractivity contribution >= 4 is 27.0 Å². The Kier molecular flexibility index (Phi) is 4.36. The van der Waals surface area contributed by atoms with Gasteiger partial charge < -0.3 is 5.73 Å². The minimum absolute atomic E-state index is 0.162. The maximum atomic E-state index is 12.7. The minimum Gasteiger partial charge on any atom is -0.398 e. The number of sulfonamides is 1. The Hall–Kier alpha value is -1.44. The van der Waals surface area contributed by atoms with E-state index < -0.39 is 10.0 Å². The highest BCUT2D eigenvalue weighted by Crippen LogP contribution is 2.27. The van der Waals surface area contributed by atoms with Crippen LogP contribution in [0.2, 0.25) is 0 Å². The molecule has 5 nitrogen and oxygen atoms in total. The molecule has 1 aromatic heterocycles. The predicted molar refractivity (Wildman–Crippen MR) is 85.8 cm³/mol. The van der Waals surface area contributed by atoms with Crippen LogP contribution in [0.3, 0.4) is 0 Å². The quantitative estimate of drug-likeness (QED) is 0.876. The number of nitrogens with zero attached hydrogens (tertiary/aromatic N) is 2. The van der Waals surface area contributed by atoms with E-state index in [2.05, 4.69) is 4.98 Å².